The van der Waals surface area contributed by atoms with Crippen molar-refractivity contribution in [2.75, 3.05) is 7.11 Å². The van der Waals surface area contributed by atoms with E-state index in [1.54, 1.807) is 25.3 Å². The molecule has 0 radical (unpaired) electrons. The molecule has 26 heavy (non-hydrogen) atoms. The highest BCUT2D eigenvalue weighted by Crippen LogP contribution is 2.24. The number of nitrogens with zero attached hydrogens (tertiary/aromatic N) is 2. The Bertz CT molecular complexity index is 891. The van der Waals surface area contributed by atoms with Gasteiger partial charge in [-0.1, -0.05) is 60.7 Å². The van der Waals surface area contributed by atoms with Gasteiger partial charge in [0.2, 0.25) is 0 Å². The van der Waals surface area contributed by atoms with Crippen LogP contribution in [0.1, 0.15) is 23.6 Å². The number of rotatable bonds is 5. The van der Waals surface area contributed by atoms with Gasteiger partial charge in [-0.05, 0) is 19.1 Å². The summed E-state index contributed by atoms with van der Waals surface area (Å²) >= 11 is 0. The molecule has 4 heteroatoms. The molecule has 0 aliphatic heterocycles. The molecule has 0 saturated heterocycles. The normalized spacial score (nSPS) is 11.1. The smallest absolute Gasteiger partial charge is 0.128 e. The summed E-state index contributed by atoms with van der Waals surface area (Å²) in [6, 6.07) is 24.9. The van der Waals surface area contributed by atoms with Crippen molar-refractivity contribution in [3.8, 4) is 11.5 Å². The highest BCUT2D eigenvalue weighted by molar-refractivity contribution is 6.13. The standard InChI is InChI=1S/C22H20N2O2/c1-16(20-14-13-19(26-2)15-21(20)25)23-24-22(17-9-5-3-6-10-17)18-11-7-4-8-12-18/h3-15,25H,1-2H3/b23-16+. The van der Waals surface area contributed by atoms with Gasteiger partial charge in [-0.3, -0.25) is 0 Å². The summed E-state index contributed by atoms with van der Waals surface area (Å²) in [6.45, 7) is 1.82. The molecule has 0 aromatic heterocycles. The maximum Gasteiger partial charge on any atom is 0.128 e. The number of ether oxygens (including phenoxy) is 1. The SMILES string of the molecule is COc1ccc(/C(C)=N/N=C(c2ccccc2)c2ccccc2)c(O)c1. The summed E-state index contributed by atoms with van der Waals surface area (Å²) in [5.41, 5.74) is 3.98. The minimum Gasteiger partial charge on any atom is -0.507 e. The molecule has 0 aliphatic carbocycles. The maximum absolute atomic E-state index is 10.2. The van der Waals surface area contributed by atoms with Crippen LogP contribution in [0.3, 0.4) is 0 Å². The Kier molecular flexibility index (Phi) is 5.44. The van der Waals surface area contributed by atoms with Gasteiger partial charge in [0.25, 0.3) is 0 Å². The summed E-state index contributed by atoms with van der Waals surface area (Å²) < 4.78 is 5.12. The van der Waals surface area contributed by atoms with Crippen molar-refractivity contribution in [1.82, 2.24) is 0 Å². The lowest BCUT2D eigenvalue weighted by atomic mass is 10.0. The molecular formula is C22H20N2O2. The van der Waals surface area contributed by atoms with E-state index < -0.39 is 0 Å². The van der Waals surface area contributed by atoms with E-state index in [2.05, 4.69) is 10.2 Å². The molecule has 0 aliphatic rings. The quantitative estimate of drug-likeness (QED) is 0.540. The monoisotopic (exact) mass is 344 g/mol. The van der Waals surface area contributed by atoms with Gasteiger partial charge in [0.15, 0.2) is 0 Å². The maximum atomic E-state index is 10.2. The third-order valence-corrected chi connectivity index (χ3v) is 3.99. The van der Waals surface area contributed by atoms with E-state index in [4.69, 9.17) is 4.74 Å². The molecule has 3 rings (SSSR count). The molecular weight excluding hydrogens is 324 g/mol. The number of methoxy groups -OCH3 is 1. The second-order valence-electron chi connectivity index (χ2n) is 5.75. The highest BCUT2D eigenvalue weighted by Gasteiger charge is 2.08. The lowest BCUT2D eigenvalue weighted by Gasteiger charge is -2.07. The molecule has 0 bridgehead atoms. The minimum absolute atomic E-state index is 0.113. The first kappa shape index (κ1) is 17.4. The summed E-state index contributed by atoms with van der Waals surface area (Å²) in [6.07, 6.45) is 0. The minimum atomic E-state index is 0.113. The van der Waals surface area contributed by atoms with Crippen LogP contribution in [0, 0.1) is 0 Å². The predicted octanol–water partition coefficient (Wildman–Crippen LogP) is 4.66. The Morgan fingerprint density at radius 3 is 1.88 bits per heavy atom. The van der Waals surface area contributed by atoms with Crippen LogP contribution in [0.25, 0.3) is 0 Å². The van der Waals surface area contributed by atoms with Gasteiger partial charge in [-0.2, -0.15) is 5.10 Å². The molecule has 0 fully saturated rings. The molecule has 130 valence electrons. The average molecular weight is 344 g/mol. The number of benzene rings is 3. The number of aromatic hydroxyl groups is 1. The Morgan fingerprint density at radius 2 is 1.38 bits per heavy atom. The fourth-order valence-electron chi connectivity index (χ4n) is 2.60. The van der Waals surface area contributed by atoms with Gasteiger partial charge < -0.3 is 9.84 Å². The Labute approximate surface area is 153 Å². The highest BCUT2D eigenvalue weighted by atomic mass is 16.5. The van der Waals surface area contributed by atoms with Crippen LogP contribution < -0.4 is 4.74 Å². The molecule has 3 aromatic carbocycles. The molecule has 1 N–H and O–H groups in total. The van der Waals surface area contributed by atoms with E-state index in [0.29, 0.717) is 17.0 Å². The molecule has 0 heterocycles. The number of phenolic OH excluding ortho intramolecular Hbond substituents is 1. The van der Waals surface area contributed by atoms with E-state index in [0.717, 1.165) is 16.8 Å². The molecule has 0 amide bonds. The van der Waals surface area contributed by atoms with E-state index in [1.165, 1.54) is 0 Å². The van der Waals surface area contributed by atoms with Gasteiger partial charge in [0.05, 0.1) is 12.8 Å². The van der Waals surface area contributed by atoms with Crippen LogP contribution in [0.15, 0.2) is 89.1 Å². The second-order valence-corrected chi connectivity index (χ2v) is 5.75. The fourth-order valence-corrected chi connectivity index (χ4v) is 2.60. The van der Waals surface area contributed by atoms with Gasteiger partial charge in [-0.15, -0.1) is 5.10 Å². The summed E-state index contributed by atoms with van der Waals surface area (Å²) in [7, 11) is 1.56. The third kappa shape index (κ3) is 3.98. The van der Waals surface area contributed by atoms with E-state index in [1.807, 2.05) is 67.6 Å². The van der Waals surface area contributed by atoms with Crippen LogP contribution in [0.2, 0.25) is 0 Å². The van der Waals surface area contributed by atoms with Crippen molar-refractivity contribution in [3.63, 3.8) is 0 Å². The summed E-state index contributed by atoms with van der Waals surface area (Å²) in [5, 5.41) is 19.0. The zero-order chi connectivity index (χ0) is 18.4. The van der Waals surface area contributed by atoms with Crippen LogP contribution in [-0.4, -0.2) is 23.6 Å². The van der Waals surface area contributed by atoms with Crippen molar-refractivity contribution in [3.05, 3.63) is 95.6 Å². The van der Waals surface area contributed by atoms with Crippen molar-refractivity contribution in [2.45, 2.75) is 6.92 Å². The molecule has 4 nitrogen and oxygen atoms in total. The third-order valence-electron chi connectivity index (χ3n) is 3.99. The van der Waals surface area contributed by atoms with Crippen LogP contribution in [0.4, 0.5) is 0 Å². The number of hydrogen-bond donors (Lipinski definition) is 1. The van der Waals surface area contributed by atoms with Crippen LogP contribution >= 0.6 is 0 Å². The summed E-state index contributed by atoms with van der Waals surface area (Å²) in [5.74, 6) is 0.707. The first-order valence-electron chi connectivity index (χ1n) is 8.29. The van der Waals surface area contributed by atoms with E-state index in [-0.39, 0.29) is 5.75 Å². The lowest BCUT2D eigenvalue weighted by molar-refractivity contribution is 0.407. The van der Waals surface area contributed by atoms with E-state index in [9.17, 15) is 5.11 Å². The predicted molar refractivity (Wildman–Crippen MR) is 105 cm³/mol. The largest absolute Gasteiger partial charge is 0.507 e. The molecule has 0 spiro atoms. The van der Waals surface area contributed by atoms with E-state index >= 15 is 0 Å². The Morgan fingerprint density at radius 1 is 0.808 bits per heavy atom. The Balaban J connectivity index is 2.02. The van der Waals surface area contributed by atoms with Crippen molar-refractivity contribution >= 4 is 11.4 Å². The first-order chi connectivity index (χ1) is 12.7. The zero-order valence-electron chi connectivity index (χ0n) is 14.8. The Hall–Kier alpha value is -3.40. The topological polar surface area (TPSA) is 54.2 Å². The van der Waals surface area contributed by atoms with Crippen LogP contribution in [-0.2, 0) is 0 Å². The number of hydrogen-bond acceptors (Lipinski definition) is 4. The van der Waals surface area contributed by atoms with Gasteiger partial charge in [0, 0.05) is 22.8 Å². The van der Waals surface area contributed by atoms with Gasteiger partial charge in [0.1, 0.15) is 17.2 Å². The van der Waals surface area contributed by atoms with Crippen molar-refractivity contribution in [1.29, 1.82) is 0 Å². The first-order valence-corrected chi connectivity index (χ1v) is 8.29. The van der Waals surface area contributed by atoms with Crippen molar-refractivity contribution < 1.29 is 9.84 Å². The fraction of sp³-hybridized carbons (Fsp3) is 0.0909. The lowest BCUT2D eigenvalue weighted by Crippen LogP contribution is -2.03. The second kappa shape index (κ2) is 8.12. The van der Waals surface area contributed by atoms with Crippen molar-refractivity contribution in [2.24, 2.45) is 10.2 Å². The molecule has 0 unspecified atom stereocenters. The molecule has 0 saturated carbocycles. The molecule has 3 aromatic rings. The summed E-state index contributed by atoms with van der Waals surface area (Å²) in [4.78, 5) is 0. The van der Waals surface area contributed by atoms with Crippen LogP contribution in [0.5, 0.6) is 11.5 Å². The number of phenols is 1. The van der Waals surface area contributed by atoms with Gasteiger partial charge in [-0.25, -0.2) is 0 Å². The average Bonchev–Trinajstić information content (AvgIpc) is 2.69. The zero-order valence-corrected chi connectivity index (χ0v) is 14.8. The molecule has 0 atom stereocenters. The van der Waals surface area contributed by atoms with Gasteiger partial charge >= 0.3 is 0 Å².